The third-order valence-electron chi connectivity index (χ3n) is 0.965. The Balaban J connectivity index is 2.67. The maximum absolute atomic E-state index is 10.7. The average Bonchev–Trinajstić information content (AvgIpc) is 1.77. The molecule has 46 valence electrons. The van der Waals surface area contributed by atoms with E-state index in [0.29, 0.717) is 10.8 Å². The molecule has 0 fully saturated rings. The normalized spacial score (nSPS) is 28.6. The van der Waals surface area contributed by atoms with E-state index < -0.39 is 10.8 Å². The molecule has 0 aliphatic carbocycles. The van der Waals surface area contributed by atoms with Gasteiger partial charge in [-0.15, -0.1) is 0 Å². The van der Waals surface area contributed by atoms with E-state index in [1.165, 1.54) is 0 Å². The Labute approximate surface area is 50.6 Å². The van der Waals surface area contributed by atoms with E-state index in [2.05, 4.69) is 10.5 Å². The molecule has 0 aromatic heterocycles. The number of nitrogens with one attached hydrogen (secondary N) is 1. The van der Waals surface area contributed by atoms with Gasteiger partial charge in [0.1, 0.15) is 5.04 Å². The first-order chi connectivity index (χ1) is 3.80. The highest BCUT2D eigenvalue weighted by Crippen LogP contribution is 1.90. The zero-order valence-electron chi connectivity index (χ0n) is 4.68. The summed E-state index contributed by atoms with van der Waals surface area (Å²) in [7, 11) is -0.797. The number of hydrazone groups is 1. The van der Waals surface area contributed by atoms with Crippen molar-refractivity contribution in [3.63, 3.8) is 0 Å². The zero-order chi connectivity index (χ0) is 5.98. The molecule has 1 heterocycles. The number of nitrogens with zero attached hydrogens (tertiary/aromatic N) is 1. The van der Waals surface area contributed by atoms with Gasteiger partial charge in [0, 0.05) is 12.3 Å². The van der Waals surface area contributed by atoms with Gasteiger partial charge in [-0.05, 0) is 6.92 Å². The second-order valence-corrected chi connectivity index (χ2v) is 3.28. The van der Waals surface area contributed by atoms with Crippen molar-refractivity contribution < 1.29 is 4.21 Å². The lowest BCUT2D eigenvalue weighted by Crippen LogP contribution is -2.26. The van der Waals surface area contributed by atoms with Crippen LogP contribution in [0.1, 0.15) is 6.92 Å². The van der Waals surface area contributed by atoms with Crippen LogP contribution in [0.25, 0.3) is 0 Å². The second-order valence-electron chi connectivity index (χ2n) is 1.59. The summed E-state index contributed by atoms with van der Waals surface area (Å²) in [6, 6.07) is 0. The van der Waals surface area contributed by atoms with Gasteiger partial charge in [0.2, 0.25) is 0 Å². The van der Waals surface area contributed by atoms with Crippen LogP contribution in [-0.2, 0) is 10.8 Å². The Kier molecular flexibility index (Phi) is 1.62. The van der Waals surface area contributed by atoms with Gasteiger partial charge < -0.3 is 5.43 Å². The molecule has 0 amide bonds. The van der Waals surface area contributed by atoms with E-state index >= 15 is 0 Å². The molecule has 8 heavy (non-hydrogen) atoms. The number of hydrogen-bond acceptors (Lipinski definition) is 3. The highest BCUT2D eigenvalue weighted by Gasteiger charge is 2.06. The molecule has 1 aliphatic heterocycles. The van der Waals surface area contributed by atoms with Crippen molar-refractivity contribution in [3.05, 3.63) is 0 Å². The Morgan fingerprint density at radius 3 is 3.00 bits per heavy atom. The number of hydrogen-bond donors (Lipinski definition) is 1. The van der Waals surface area contributed by atoms with Crippen LogP contribution < -0.4 is 5.43 Å². The highest BCUT2D eigenvalue weighted by molar-refractivity contribution is 8.00. The topological polar surface area (TPSA) is 41.5 Å². The lowest BCUT2D eigenvalue weighted by atomic mass is 10.8. The molecule has 1 unspecified atom stereocenters. The Hall–Kier alpha value is -0.380. The van der Waals surface area contributed by atoms with Gasteiger partial charge in [-0.3, -0.25) is 4.21 Å². The molecule has 0 radical (unpaired) electrons. The molecular formula is C4H8N2OS. The zero-order valence-corrected chi connectivity index (χ0v) is 5.49. The molecule has 1 N–H and O–H groups in total. The molecule has 3 nitrogen and oxygen atoms in total. The highest BCUT2D eigenvalue weighted by atomic mass is 32.2. The SMILES string of the molecule is CC1=NNCCS1=O. The van der Waals surface area contributed by atoms with Crippen LogP contribution in [-0.4, -0.2) is 21.6 Å². The van der Waals surface area contributed by atoms with Crippen LogP contribution in [0.2, 0.25) is 0 Å². The minimum atomic E-state index is -0.797. The van der Waals surface area contributed by atoms with Crippen molar-refractivity contribution in [2.45, 2.75) is 6.92 Å². The van der Waals surface area contributed by atoms with Crippen LogP contribution in [0.3, 0.4) is 0 Å². The van der Waals surface area contributed by atoms with Crippen molar-refractivity contribution >= 4 is 15.8 Å². The molecule has 0 saturated heterocycles. The largest absolute Gasteiger partial charge is 0.308 e. The van der Waals surface area contributed by atoms with Gasteiger partial charge in [0.15, 0.2) is 0 Å². The van der Waals surface area contributed by atoms with Crippen LogP contribution in [0.15, 0.2) is 5.10 Å². The summed E-state index contributed by atoms with van der Waals surface area (Å²) < 4.78 is 10.7. The molecule has 1 aliphatic rings. The fourth-order valence-electron chi connectivity index (χ4n) is 0.504. The van der Waals surface area contributed by atoms with Crippen molar-refractivity contribution in [3.8, 4) is 0 Å². The first-order valence-corrected chi connectivity index (χ1v) is 3.78. The minimum Gasteiger partial charge on any atom is -0.308 e. The summed E-state index contributed by atoms with van der Waals surface area (Å²) in [5.74, 6) is 0.704. The summed E-state index contributed by atoms with van der Waals surface area (Å²) in [5, 5.41) is 4.48. The summed E-state index contributed by atoms with van der Waals surface area (Å²) in [4.78, 5) is 0. The van der Waals surface area contributed by atoms with Crippen molar-refractivity contribution in [2.24, 2.45) is 5.10 Å². The quantitative estimate of drug-likeness (QED) is 0.490. The third kappa shape index (κ3) is 1.06. The fraction of sp³-hybridized carbons (Fsp3) is 0.750. The van der Waals surface area contributed by atoms with Gasteiger partial charge in [0.25, 0.3) is 0 Å². The van der Waals surface area contributed by atoms with Crippen LogP contribution in [0.4, 0.5) is 0 Å². The first-order valence-electron chi connectivity index (χ1n) is 2.46. The van der Waals surface area contributed by atoms with Gasteiger partial charge in [-0.25, -0.2) is 0 Å². The monoisotopic (exact) mass is 132 g/mol. The second kappa shape index (κ2) is 2.26. The smallest absolute Gasteiger partial charge is 0.121 e. The van der Waals surface area contributed by atoms with E-state index in [1.54, 1.807) is 6.92 Å². The summed E-state index contributed by atoms with van der Waals surface area (Å²) in [6.07, 6.45) is 0. The predicted octanol–water partition coefficient (Wildman–Crippen LogP) is -0.328. The van der Waals surface area contributed by atoms with Crippen molar-refractivity contribution in [1.82, 2.24) is 5.43 Å². The lowest BCUT2D eigenvalue weighted by Gasteiger charge is -2.07. The number of rotatable bonds is 0. The summed E-state index contributed by atoms with van der Waals surface area (Å²) in [6.45, 7) is 2.51. The van der Waals surface area contributed by atoms with Gasteiger partial charge in [-0.1, -0.05) is 0 Å². The Morgan fingerprint density at radius 1 is 1.88 bits per heavy atom. The molecule has 1 atom stereocenters. The average molecular weight is 132 g/mol. The van der Waals surface area contributed by atoms with E-state index in [4.69, 9.17) is 0 Å². The minimum absolute atomic E-state index is 0.704. The van der Waals surface area contributed by atoms with Gasteiger partial charge in [0.05, 0.1) is 10.8 Å². The molecule has 0 spiro atoms. The van der Waals surface area contributed by atoms with Crippen LogP contribution in [0, 0.1) is 0 Å². The van der Waals surface area contributed by atoms with Crippen molar-refractivity contribution in [1.29, 1.82) is 0 Å². The van der Waals surface area contributed by atoms with Gasteiger partial charge in [-0.2, -0.15) is 5.10 Å². The maximum atomic E-state index is 10.7. The standard InChI is InChI=1S/C4H8N2OS/c1-4-6-5-2-3-8(4)7/h5H,2-3H2,1H3. The molecular weight excluding hydrogens is 124 g/mol. The maximum Gasteiger partial charge on any atom is 0.121 e. The molecule has 0 aromatic rings. The fourth-order valence-corrected chi connectivity index (χ4v) is 1.24. The molecule has 0 bridgehead atoms. The first kappa shape index (κ1) is 5.75. The van der Waals surface area contributed by atoms with E-state index in [9.17, 15) is 4.21 Å². The predicted molar refractivity (Wildman–Crippen MR) is 34.1 cm³/mol. The van der Waals surface area contributed by atoms with E-state index in [1.807, 2.05) is 0 Å². The molecule has 4 heteroatoms. The molecule has 0 aromatic carbocycles. The summed E-state index contributed by atoms with van der Waals surface area (Å²) >= 11 is 0. The van der Waals surface area contributed by atoms with Crippen LogP contribution >= 0.6 is 0 Å². The van der Waals surface area contributed by atoms with E-state index in [0.717, 1.165) is 6.54 Å². The molecule has 0 saturated carbocycles. The summed E-state index contributed by atoms with van der Waals surface area (Å²) in [5.41, 5.74) is 2.76. The Morgan fingerprint density at radius 2 is 2.62 bits per heavy atom. The third-order valence-corrected chi connectivity index (χ3v) is 2.29. The van der Waals surface area contributed by atoms with Crippen molar-refractivity contribution in [2.75, 3.05) is 12.3 Å². The van der Waals surface area contributed by atoms with E-state index in [-0.39, 0.29) is 0 Å². The molecule has 1 rings (SSSR count). The Bertz CT molecular complexity index is 143. The van der Waals surface area contributed by atoms with Gasteiger partial charge >= 0.3 is 0 Å². The lowest BCUT2D eigenvalue weighted by molar-refractivity contribution is 0.679. The van der Waals surface area contributed by atoms with Crippen LogP contribution in [0.5, 0.6) is 0 Å².